The van der Waals surface area contributed by atoms with E-state index in [1.165, 1.54) is 12.8 Å². The second-order valence-corrected chi connectivity index (χ2v) is 4.06. The maximum Gasteiger partial charge on any atom is 0.0431 e. The minimum Gasteiger partial charge on any atom is -0.396 e. The monoisotopic (exact) mass is 171 g/mol. The van der Waals surface area contributed by atoms with Gasteiger partial charge in [0.2, 0.25) is 0 Å². The third kappa shape index (κ3) is 3.55. The zero-order valence-corrected chi connectivity index (χ0v) is 8.21. The summed E-state index contributed by atoms with van der Waals surface area (Å²) in [4.78, 5) is 0. The van der Waals surface area contributed by atoms with Crippen molar-refractivity contribution in [2.24, 2.45) is 5.92 Å². The second kappa shape index (κ2) is 4.83. The van der Waals surface area contributed by atoms with Gasteiger partial charge in [0, 0.05) is 18.7 Å². The molecule has 0 bridgehead atoms. The minimum absolute atomic E-state index is 0.323. The highest BCUT2D eigenvalue weighted by Crippen LogP contribution is 2.32. The number of aliphatic hydroxyl groups is 1. The van der Waals surface area contributed by atoms with Crippen LogP contribution in [0.4, 0.5) is 0 Å². The summed E-state index contributed by atoms with van der Waals surface area (Å²) >= 11 is 0. The number of hydrogen-bond acceptors (Lipinski definition) is 2. The summed E-state index contributed by atoms with van der Waals surface area (Å²) in [6.07, 6.45) is 4.82. The Morgan fingerprint density at radius 2 is 2.08 bits per heavy atom. The molecule has 0 aromatic heterocycles. The predicted octanol–water partition coefficient (Wildman–Crippen LogP) is 1.54. The van der Waals surface area contributed by atoms with Crippen molar-refractivity contribution in [3.8, 4) is 0 Å². The van der Waals surface area contributed by atoms with Crippen LogP contribution in [-0.4, -0.2) is 23.8 Å². The minimum atomic E-state index is 0.323. The summed E-state index contributed by atoms with van der Waals surface area (Å²) in [6.45, 7) is 4.80. The normalized spacial score (nSPS) is 22.2. The average molecular weight is 171 g/mol. The highest BCUT2D eigenvalue weighted by Gasteiger charge is 2.28. The molecule has 0 saturated heterocycles. The van der Waals surface area contributed by atoms with Crippen LogP contribution >= 0.6 is 0 Å². The maximum atomic E-state index is 8.64. The van der Waals surface area contributed by atoms with Crippen molar-refractivity contribution in [3.05, 3.63) is 0 Å². The molecule has 2 N–H and O–H groups in total. The van der Waals surface area contributed by atoms with Gasteiger partial charge in [-0.25, -0.2) is 0 Å². The van der Waals surface area contributed by atoms with Crippen LogP contribution in [0.2, 0.25) is 0 Å². The Morgan fingerprint density at radius 1 is 1.42 bits per heavy atom. The summed E-state index contributed by atoms with van der Waals surface area (Å²) < 4.78 is 0. The summed E-state index contributed by atoms with van der Waals surface area (Å²) in [5.41, 5.74) is 0. The van der Waals surface area contributed by atoms with Gasteiger partial charge in [-0.05, 0) is 45.4 Å². The van der Waals surface area contributed by atoms with E-state index >= 15 is 0 Å². The number of rotatable bonds is 6. The van der Waals surface area contributed by atoms with E-state index in [1.807, 2.05) is 0 Å². The highest BCUT2D eigenvalue weighted by molar-refractivity contribution is 4.84. The fraction of sp³-hybridized carbons (Fsp3) is 1.00. The van der Waals surface area contributed by atoms with Crippen LogP contribution in [0, 0.1) is 5.92 Å². The second-order valence-electron chi connectivity index (χ2n) is 4.06. The molecule has 1 aliphatic rings. The Morgan fingerprint density at radius 3 is 2.58 bits per heavy atom. The van der Waals surface area contributed by atoms with Crippen LogP contribution in [0.3, 0.4) is 0 Å². The topological polar surface area (TPSA) is 32.3 Å². The average Bonchev–Trinajstić information content (AvgIpc) is 2.82. The van der Waals surface area contributed by atoms with Crippen molar-refractivity contribution in [1.82, 2.24) is 5.32 Å². The molecule has 1 saturated carbocycles. The van der Waals surface area contributed by atoms with Crippen LogP contribution in [0.5, 0.6) is 0 Å². The van der Waals surface area contributed by atoms with Crippen LogP contribution < -0.4 is 5.32 Å². The first kappa shape index (κ1) is 10.0. The fourth-order valence-corrected chi connectivity index (χ4v) is 1.66. The lowest BCUT2D eigenvalue weighted by atomic mass is 10.1. The Hall–Kier alpha value is -0.0800. The zero-order chi connectivity index (χ0) is 8.97. The van der Waals surface area contributed by atoms with Crippen molar-refractivity contribution in [1.29, 1.82) is 0 Å². The van der Waals surface area contributed by atoms with E-state index in [4.69, 9.17) is 5.11 Å². The summed E-state index contributed by atoms with van der Waals surface area (Å²) in [6, 6.07) is 1.24. The van der Waals surface area contributed by atoms with Crippen molar-refractivity contribution in [3.63, 3.8) is 0 Å². The molecule has 2 nitrogen and oxygen atoms in total. The van der Waals surface area contributed by atoms with Crippen molar-refractivity contribution in [2.75, 3.05) is 6.61 Å². The first-order valence-corrected chi connectivity index (χ1v) is 5.11. The molecule has 0 heterocycles. The van der Waals surface area contributed by atoms with E-state index in [-0.39, 0.29) is 0 Å². The van der Waals surface area contributed by atoms with Crippen molar-refractivity contribution < 1.29 is 5.11 Å². The van der Waals surface area contributed by atoms with Crippen LogP contribution in [0.25, 0.3) is 0 Å². The molecule has 0 amide bonds. The largest absolute Gasteiger partial charge is 0.396 e. The van der Waals surface area contributed by atoms with E-state index in [0.717, 1.165) is 18.8 Å². The van der Waals surface area contributed by atoms with Gasteiger partial charge in [0.15, 0.2) is 0 Å². The van der Waals surface area contributed by atoms with Gasteiger partial charge in [0.1, 0.15) is 0 Å². The standard InChI is InChI=1S/C10H21NO/c1-8(4-3-7-12)11-9(2)10-5-6-10/h8-12H,3-7H2,1-2H3. The molecule has 2 unspecified atom stereocenters. The Labute approximate surface area is 75.4 Å². The van der Waals surface area contributed by atoms with Gasteiger partial charge in [-0.15, -0.1) is 0 Å². The lowest BCUT2D eigenvalue weighted by Crippen LogP contribution is -2.35. The molecule has 0 aromatic carbocycles. The van der Waals surface area contributed by atoms with Crippen molar-refractivity contribution in [2.45, 2.75) is 51.6 Å². The molecule has 0 aromatic rings. The molecule has 1 aliphatic carbocycles. The molecule has 2 atom stereocenters. The third-order valence-corrected chi connectivity index (χ3v) is 2.67. The molecule has 0 spiro atoms. The Bertz CT molecular complexity index is 123. The summed E-state index contributed by atoms with van der Waals surface area (Å²) in [5, 5.41) is 12.2. The molecule has 0 aliphatic heterocycles. The molecular formula is C10H21NO. The highest BCUT2D eigenvalue weighted by atomic mass is 16.2. The summed E-state index contributed by atoms with van der Waals surface area (Å²) in [5.74, 6) is 0.932. The van der Waals surface area contributed by atoms with E-state index in [0.29, 0.717) is 18.7 Å². The molecule has 2 heteroatoms. The van der Waals surface area contributed by atoms with E-state index in [2.05, 4.69) is 19.2 Å². The zero-order valence-electron chi connectivity index (χ0n) is 8.21. The van der Waals surface area contributed by atoms with Gasteiger partial charge in [0.25, 0.3) is 0 Å². The molecule has 12 heavy (non-hydrogen) atoms. The van der Waals surface area contributed by atoms with E-state index in [9.17, 15) is 0 Å². The number of aliphatic hydroxyl groups excluding tert-OH is 1. The third-order valence-electron chi connectivity index (χ3n) is 2.67. The molecule has 0 radical (unpaired) electrons. The lowest BCUT2D eigenvalue weighted by Gasteiger charge is -2.19. The van der Waals surface area contributed by atoms with Gasteiger partial charge in [-0.1, -0.05) is 0 Å². The van der Waals surface area contributed by atoms with Crippen LogP contribution in [0.1, 0.15) is 39.5 Å². The molecule has 1 rings (SSSR count). The molecular weight excluding hydrogens is 150 g/mol. The quantitative estimate of drug-likeness (QED) is 0.635. The van der Waals surface area contributed by atoms with Gasteiger partial charge >= 0.3 is 0 Å². The van der Waals surface area contributed by atoms with Crippen molar-refractivity contribution >= 4 is 0 Å². The number of nitrogens with one attached hydrogen (secondary N) is 1. The van der Waals surface area contributed by atoms with Crippen LogP contribution in [-0.2, 0) is 0 Å². The van der Waals surface area contributed by atoms with Gasteiger partial charge < -0.3 is 10.4 Å². The van der Waals surface area contributed by atoms with E-state index in [1.54, 1.807) is 0 Å². The Kier molecular flexibility index (Phi) is 4.02. The smallest absolute Gasteiger partial charge is 0.0431 e. The first-order chi connectivity index (χ1) is 5.74. The molecule has 72 valence electrons. The summed E-state index contributed by atoms with van der Waals surface area (Å²) in [7, 11) is 0. The van der Waals surface area contributed by atoms with Gasteiger partial charge in [0.05, 0.1) is 0 Å². The SMILES string of the molecule is CC(CCCO)NC(C)C1CC1. The van der Waals surface area contributed by atoms with Gasteiger partial charge in [-0.2, -0.15) is 0 Å². The first-order valence-electron chi connectivity index (χ1n) is 5.11. The fourth-order valence-electron chi connectivity index (χ4n) is 1.66. The van der Waals surface area contributed by atoms with E-state index < -0.39 is 0 Å². The maximum absolute atomic E-state index is 8.64. The Balaban J connectivity index is 2.03. The van der Waals surface area contributed by atoms with Gasteiger partial charge in [-0.3, -0.25) is 0 Å². The van der Waals surface area contributed by atoms with Crippen LogP contribution in [0.15, 0.2) is 0 Å². The molecule has 1 fully saturated rings. The lowest BCUT2D eigenvalue weighted by molar-refractivity contribution is 0.273. The number of hydrogen-bond donors (Lipinski definition) is 2. The predicted molar refractivity (Wildman–Crippen MR) is 51.1 cm³/mol.